The van der Waals surface area contributed by atoms with Gasteiger partial charge in [0, 0.05) is 50.2 Å². The number of aromatic nitrogens is 2. The van der Waals surface area contributed by atoms with Gasteiger partial charge in [-0.05, 0) is 25.1 Å². The van der Waals surface area contributed by atoms with Gasteiger partial charge in [0.25, 0.3) is 5.91 Å². The number of amides is 1. The van der Waals surface area contributed by atoms with Crippen molar-refractivity contribution in [3.05, 3.63) is 71.4 Å². The van der Waals surface area contributed by atoms with Crippen molar-refractivity contribution < 1.29 is 9.18 Å². The Morgan fingerprint density at radius 1 is 1.08 bits per heavy atom. The third-order valence-electron chi connectivity index (χ3n) is 4.93. The van der Waals surface area contributed by atoms with Crippen molar-refractivity contribution in [2.75, 3.05) is 26.2 Å². The first-order chi connectivity index (χ1) is 12.6. The van der Waals surface area contributed by atoms with Crippen molar-refractivity contribution in [2.24, 2.45) is 0 Å². The smallest absolute Gasteiger partial charge is 0.274 e. The van der Waals surface area contributed by atoms with E-state index in [0.717, 1.165) is 24.4 Å². The van der Waals surface area contributed by atoms with E-state index in [4.69, 9.17) is 0 Å². The summed E-state index contributed by atoms with van der Waals surface area (Å²) in [6.07, 6.45) is 1.80. The number of carbonyl (C=O) groups excluding carboxylic acids is 1. The molecule has 0 saturated carbocycles. The minimum Gasteiger partial charge on any atom is -0.335 e. The number of pyridine rings is 1. The zero-order valence-electron chi connectivity index (χ0n) is 14.7. The molecule has 0 radical (unpaired) electrons. The molecule has 0 aliphatic carbocycles. The van der Waals surface area contributed by atoms with Gasteiger partial charge in [-0.1, -0.05) is 24.3 Å². The molecular weight excluding hydrogens is 331 g/mol. The second kappa shape index (κ2) is 6.88. The highest BCUT2D eigenvalue weighted by molar-refractivity contribution is 5.93. The van der Waals surface area contributed by atoms with Crippen molar-refractivity contribution in [1.82, 2.24) is 19.2 Å². The molecule has 2 aromatic heterocycles. The number of nitrogens with zero attached hydrogens (tertiary/aromatic N) is 4. The molecule has 134 valence electrons. The lowest BCUT2D eigenvalue weighted by molar-refractivity contribution is 0.0622. The Balaban J connectivity index is 1.41. The zero-order chi connectivity index (χ0) is 18.1. The highest BCUT2D eigenvalue weighted by Gasteiger charge is 2.24. The predicted molar refractivity (Wildman–Crippen MR) is 97.5 cm³/mol. The van der Waals surface area contributed by atoms with Gasteiger partial charge in [-0.25, -0.2) is 9.37 Å². The summed E-state index contributed by atoms with van der Waals surface area (Å²) >= 11 is 0. The van der Waals surface area contributed by atoms with E-state index in [-0.39, 0.29) is 11.7 Å². The van der Waals surface area contributed by atoms with E-state index in [1.165, 1.54) is 6.07 Å². The Morgan fingerprint density at radius 3 is 2.58 bits per heavy atom. The quantitative estimate of drug-likeness (QED) is 0.728. The van der Waals surface area contributed by atoms with Crippen molar-refractivity contribution in [1.29, 1.82) is 0 Å². The van der Waals surface area contributed by atoms with Gasteiger partial charge in [-0.15, -0.1) is 0 Å². The molecule has 0 atom stereocenters. The standard InChI is InChI=1S/C20H21FN4O/c1-15-5-4-8-19-22-18(14-25(15)19)20(26)24-11-9-23(10-12-24)13-16-6-2-3-7-17(16)21/h2-8,14H,9-13H2,1H3. The van der Waals surface area contributed by atoms with Crippen LogP contribution in [0.1, 0.15) is 21.7 Å². The van der Waals surface area contributed by atoms with Crippen LogP contribution in [0.3, 0.4) is 0 Å². The Bertz CT molecular complexity index is 944. The molecule has 0 bridgehead atoms. The fraction of sp³-hybridized carbons (Fsp3) is 0.300. The highest BCUT2D eigenvalue weighted by Crippen LogP contribution is 2.15. The van der Waals surface area contributed by atoms with Crippen LogP contribution >= 0.6 is 0 Å². The van der Waals surface area contributed by atoms with Crippen LogP contribution in [0.5, 0.6) is 0 Å². The van der Waals surface area contributed by atoms with Gasteiger partial charge < -0.3 is 9.30 Å². The Kier molecular flexibility index (Phi) is 4.42. The number of aryl methyl sites for hydroxylation is 1. The lowest BCUT2D eigenvalue weighted by Gasteiger charge is -2.34. The van der Waals surface area contributed by atoms with Crippen molar-refractivity contribution in [2.45, 2.75) is 13.5 Å². The summed E-state index contributed by atoms with van der Waals surface area (Å²) in [6, 6.07) is 12.7. The Hall–Kier alpha value is -2.73. The highest BCUT2D eigenvalue weighted by atomic mass is 19.1. The molecule has 1 aliphatic rings. The van der Waals surface area contributed by atoms with E-state index >= 15 is 0 Å². The lowest BCUT2D eigenvalue weighted by Crippen LogP contribution is -2.48. The molecule has 0 N–H and O–H groups in total. The summed E-state index contributed by atoms with van der Waals surface area (Å²) in [5.41, 5.74) is 3.00. The van der Waals surface area contributed by atoms with Gasteiger partial charge in [0.15, 0.2) is 0 Å². The molecule has 26 heavy (non-hydrogen) atoms. The number of hydrogen-bond donors (Lipinski definition) is 0. The molecule has 1 saturated heterocycles. The summed E-state index contributed by atoms with van der Waals surface area (Å²) in [6.45, 7) is 5.27. The van der Waals surface area contributed by atoms with Crippen LogP contribution in [0.4, 0.5) is 4.39 Å². The van der Waals surface area contributed by atoms with E-state index in [9.17, 15) is 9.18 Å². The molecule has 4 rings (SSSR count). The van der Waals surface area contributed by atoms with Crippen molar-refractivity contribution in [3.8, 4) is 0 Å². The van der Waals surface area contributed by atoms with E-state index in [2.05, 4.69) is 9.88 Å². The predicted octanol–water partition coefficient (Wildman–Crippen LogP) is 2.74. The number of hydrogen-bond acceptors (Lipinski definition) is 3. The minimum absolute atomic E-state index is 0.0429. The average Bonchev–Trinajstić information content (AvgIpc) is 3.09. The molecule has 3 heterocycles. The molecule has 1 amide bonds. The second-order valence-corrected chi connectivity index (χ2v) is 6.68. The number of piperazine rings is 1. The zero-order valence-corrected chi connectivity index (χ0v) is 14.7. The van der Waals surface area contributed by atoms with Gasteiger partial charge in [0.05, 0.1) is 0 Å². The molecule has 1 aromatic carbocycles. The normalized spacial score (nSPS) is 15.5. The van der Waals surface area contributed by atoms with Crippen LogP contribution < -0.4 is 0 Å². The molecule has 0 unspecified atom stereocenters. The first-order valence-electron chi connectivity index (χ1n) is 8.81. The first kappa shape index (κ1) is 16.7. The maximum Gasteiger partial charge on any atom is 0.274 e. The van der Waals surface area contributed by atoms with Gasteiger partial charge in [-0.3, -0.25) is 9.69 Å². The van der Waals surface area contributed by atoms with Crippen LogP contribution in [-0.2, 0) is 6.54 Å². The lowest BCUT2D eigenvalue weighted by atomic mass is 10.2. The summed E-state index contributed by atoms with van der Waals surface area (Å²) in [5, 5.41) is 0. The molecule has 5 nitrogen and oxygen atoms in total. The van der Waals surface area contributed by atoms with Gasteiger partial charge in [-0.2, -0.15) is 0 Å². The molecule has 6 heteroatoms. The van der Waals surface area contributed by atoms with Gasteiger partial charge >= 0.3 is 0 Å². The summed E-state index contributed by atoms with van der Waals surface area (Å²) < 4.78 is 15.7. The number of benzene rings is 1. The molecule has 3 aromatic rings. The van der Waals surface area contributed by atoms with Crippen molar-refractivity contribution in [3.63, 3.8) is 0 Å². The van der Waals surface area contributed by atoms with Crippen LogP contribution in [0.25, 0.3) is 5.65 Å². The largest absolute Gasteiger partial charge is 0.335 e. The maximum absolute atomic E-state index is 13.8. The monoisotopic (exact) mass is 352 g/mol. The van der Waals surface area contributed by atoms with Crippen molar-refractivity contribution >= 4 is 11.6 Å². The average molecular weight is 352 g/mol. The van der Waals surface area contributed by atoms with Crippen LogP contribution in [0.15, 0.2) is 48.7 Å². The van der Waals surface area contributed by atoms with E-state index in [1.54, 1.807) is 12.3 Å². The SMILES string of the molecule is Cc1cccc2nc(C(=O)N3CCN(Cc4ccccc4F)CC3)cn12. The number of halogens is 1. The summed E-state index contributed by atoms with van der Waals surface area (Å²) in [7, 11) is 0. The molecule has 0 spiro atoms. The number of fused-ring (bicyclic) bond motifs is 1. The Labute approximate surface area is 151 Å². The van der Waals surface area contributed by atoms with Crippen LogP contribution in [-0.4, -0.2) is 51.3 Å². The van der Waals surface area contributed by atoms with Gasteiger partial charge in [0.2, 0.25) is 0 Å². The third-order valence-corrected chi connectivity index (χ3v) is 4.93. The number of imidazole rings is 1. The molecule has 1 fully saturated rings. The minimum atomic E-state index is -0.175. The fourth-order valence-corrected chi connectivity index (χ4v) is 3.39. The third kappa shape index (κ3) is 3.20. The van der Waals surface area contributed by atoms with Crippen LogP contribution in [0.2, 0.25) is 0 Å². The molecular formula is C20H21FN4O. The van der Waals surface area contributed by atoms with Gasteiger partial charge in [0.1, 0.15) is 17.2 Å². The first-order valence-corrected chi connectivity index (χ1v) is 8.81. The summed E-state index contributed by atoms with van der Waals surface area (Å²) in [4.78, 5) is 21.2. The summed E-state index contributed by atoms with van der Waals surface area (Å²) in [5.74, 6) is -0.218. The number of rotatable bonds is 3. The number of carbonyl (C=O) groups is 1. The second-order valence-electron chi connectivity index (χ2n) is 6.68. The molecule has 1 aliphatic heterocycles. The van der Waals surface area contributed by atoms with E-state index < -0.39 is 0 Å². The van der Waals surface area contributed by atoms with Crippen LogP contribution in [0, 0.1) is 12.7 Å². The maximum atomic E-state index is 13.8. The topological polar surface area (TPSA) is 40.9 Å². The van der Waals surface area contributed by atoms with E-state index in [1.807, 2.05) is 46.6 Å². The fourth-order valence-electron chi connectivity index (χ4n) is 3.39. The Morgan fingerprint density at radius 2 is 1.85 bits per heavy atom. The van der Waals surface area contributed by atoms with E-state index in [0.29, 0.717) is 30.9 Å².